The van der Waals surface area contributed by atoms with Crippen LogP contribution in [0.2, 0.25) is 5.67 Å². The Kier molecular flexibility index (Phi) is 8.31. The lowest BCUT2D eigenvalue weighted by molar-refractivity contribution is 0.465. The number of para-hydroxylation sites is 1. The maximum Gasteiger partial charge on any atom is 0.260 e. The van der Waals surface area contributed by atoms with Crippen LogP contribution in [0.4, 0.5) is 0 Å². The van der Waals surface area contributed by atoms with Crippen molar-refractivity contribution in [3.63, 3.8) is 0 Å². The van der Waals surface area contributed by atoms with E-state index in [1.165, 1.54) is 106 Å². The standard InChI is InChI=1S/C71H47BO2Si2/c1-2-17-48-47(16-1)51-20-5-9-24-55(51)59-32-43-38-75(39-44(43)33-60(59)56-25-10-6-21-52(48)56)42-76(70-37-68-64(36-69(70)75)72-63-28-13-14-29-65(63)73-66-30-15-31-67(74-68)71(66)72)40-45-34-61-57-26-11-7-22-53(57)49-18-3-4-19-50(49)54-23-8-12-27-58(54)62(61)35-46(45)41-76/h1-37H,38-42H2. The molecule has 0 unspecified atom stereocenters. The van der Waals surface area contributed by atoms with E-state index < -0.39 is 16.1 Å². The van der Waals surface area contributed by atoms with Crippen molar-refractivity contribution < 1.29 is 9.47 Å². The van der Waals surface area contributed by atoms with Crippen molar-refractivity contribution in [2.24, 2.45) is 0 Å². The molecule has 0 fully saturated rings. The summed E-state index contributed by atoms with van der Waals surface area (Å²) in [4.78, 5) is 0. The zero-order chi connectivity index (χ0) is 49.4. The fourth-order valence-corrected chi connectivity index (χ4v) is 33.7. The first-order valence-corrected chi connectivity index (χ1v) is 32.5. The molecule has 2 aliphatic carbocycles. The zero-order valence-electron chi connectivity index (χ0n) is 41.8. The Hall–Kier alpha value is -8.48. The number of hydrogen-bond acceptors (Lipinski definition) is 2. The first-order chi connectivity index (χ1) is 37.6. The molecule has 2 spiro atoms. The molecular formula is C71H47BO2Si2. The van der Waals surface area contributed by atoms with E-state index in [1.807, 2.05) is 0 Å². The van der Waals surface area contributed by atoms with Gasteiger partial charge in [-0.3, -0.25) is 0 Å². The summed E-state index contributed by atoms with van der Waals surface area (Å²) in [6, 6.07) is 90.5. The highest BCUT2D eigenvalue weighted by Gasteiger charge is 2.59. The van der Waals surface area contributed by atoms with Crippen LogP contribution in [-0.2, 0) is 24.2 Å². The van der Waals surface area contributed by atoms with Crippen molar-refractivity contribution in [2.75, 3.05) is 0 Å². The summed E-state index contributed by atoms with van der Waals surface area (Å²) in [5.41, 5.74) is 32.5. The molecule has 0 bridgehead atoms. The minimum atomic E-state index is -2.31. The molecule has 0 saturated carbocycles. The second-order valence-electron chi connectivity index (χ2n) is 22.8. The molecule has 0 atom stereocenters. The molecule has 11 aromatic rings. The normalized spacial score (nSPS) is 15.8. The second kappa shape index (κ2) is 15.1. The van der Waals surface area contributed by atoms with Gasteiger partial charge in [0, 0.05) is 5.46 Å². The van der Waals surface area contributed by atoms with Gasteiger partial charge in [0.2, 0.25) is 0 Å². The molecule has 0 radical (unpaired) electrons. The Balaban J connectivity index is 0.848. The van der Waals surface area contributed by atoms with Crippen LogP contribution in [0.5, 0.6) is 23.0 Å². The molecule has 5 heteroatoms. The van der Waals surface area contributed by atoms with Gasteiger partial charge in [0.15, 0.2) is 0 Å². The van der Waals surface area contributed by atoms with Crippen LogP contribution in [0.25, 0.3) is 89.0 Å². The van der Waals surface area contributed by atoms with Crippen molar-refractivity contribution in [3.05, 3.63) is 247 Å². The Bertz CT molecular complexity index is 4250. The molecule has 7 aliphatic rings. The quantitative estimate of drug-likeness (QED) is 0.141. The molecule has 0 N–H and O–H groups in total. The molecule has 5 aliphatic heterocycles. The predicted octanol–water partition coefficient (Wildman–Crippen LogP) is 14.0. The van der Waals surface area contributed by atoms with Crippen LogP contribution in [0.1, 0.15) is 22.3 Å². The summed E-state index contributed by atoms with van der Waals surface area (Å²) in [6.45, 7) is 0.0392. The SMILES string of the molecule is c1ccc2c(c1)Oc1cccc3c1B2c1cc2c(cc1O3)[Si]1(Cc3cc4c(cc3C1)-c1ccccc1-c1ccccc1-c1ccccc1-4)C[Si]21Cc2cc3c(cc2C1)-c1ccccc1-c1ccccc1-c1ccccc1-3. The highest BCUT2D eigenvalue weighted by atomic mass is 28.4. The number of hydrogen-bond donors (Lipinski definition) is 0. The van der Waals surface area contributed by atoms with E-state index in [0.29, 0.717) is 0 Å². The van der Waals surface area contributed by atoms with Gasteiger partial charge in [-0.15, -0.1) is 0 Å². The smallest absolute Gasteiger partial charge is 0.260 e. The van der Waals surface area contributed by atoms with Crippen molar-refractivity contribution in [1.82, 2.24) is 0 Å². The van der Waals surface area contributed by atoms with E-state index >= 15 is 0 Å². The lowest BCUT2D eigenvalue weighted by Gasteiger charge is -2.34. The molecule has 0 saturated heterocycles. The third kappa shape index (κ3) is 5.61. The Morgan fingerprint density at radius 2 is 0.566 bits per heavy atom. The van der Waals surface area contributed by atoms with Crippen molar-refractivity contribution in [1.29, 1.82) is 0 Å². The van der Waals surface area contributed by atoms with E-state index in [4.69, 9.17) is 9.47 Å². The molecule has 18 rings (SSSR count). The monoisotopic (exact) mass is 998 g/mol. The third-order valence-corrected chi connectivity index (χ3v) is 32.0. The van der Waals surface area contributed by atoms with Gasteiger partial charge in [0.1, 0.15) is 23.0 Å². The van der Waals surface area contributed by atoms with Crippen LogP contribution >= 0.6 is 0 Å². The number of rotatable bonds is 0. The second-order valence-corrected chi connectivity index (χ2v) is 31.9. The molecule has 0 aromatic heterocycles. The van der Waals surface area contributed by atoms with Crippen molar-refractivity contribution in [2.45, 2.75) is 29.8 Å². The van der Waals surface area contributed by atoms with Gasteiger partial charge in [-0.1, -0.05) is 216 Å². The minimum absolute atomic E-state index is 0.0392. The van der Waals surface area contributed by atoms with Crippen LogP contribution in [0, 0.1) is 0 Å². The van der Waals surface area contributed by atoms with E-state index in [0.717, 1.165) is 52.6 Å². The summed E-state index contributed by atoms with van der Waals surface area (Å²) in [7, 11) is -4.60. The van der Waals surface area contributed by atoms with Crippen molar-refractivity contribution >= 4 is 49.6 Å². The Labute approximate surface area is 445 Å². The Morgan fingerprint density at radius 1 is 0.263 bits per heavy atom. The molecule has 2 nitrogen and oxygen atoms in total. The maximum atomic E-state index is 7.22. The average molecular weight is 999 g/mol. The Morgan fingerprint density at radius 3 is 0.947 bits per heavy atom. The highest BCUT2D eigenvalue weighted by molar-refractivity contribution is 7.16. The fraction of sp³-hybridized carbons (Fsp3) is 0.0704. The maximum absolute atomic E-state index is 7.22. The van der Waals surface area contributed by atoms with Gasteiger partial charge >= 0.3 is 0 Å². The molecular weight excluding hydrogens is 952 g/mol. The van der Waals surface area contributed by atoms with Gasteiger partial charge < -0.3 is 9.47 Å². The molecule has 354 valence electrons. The summed E-state index contributed by atoms with van der Waals surface area (Å²) in [6.07, 6.45) is 0. The zero-order valence-corrected chi connectivity index (χ0v) is 43.8. The van der Waals surface area contributed by atoms with Gasteiger partial charge in [-0.25, -0.2) is 0 Å². The average Bonchev–Trinajstić information content (AvgIpc) is 4.31. The van der Waals surface area contributed by atoms with Crippen LogP contribution in [0.15, 0.2) is 224 Å². The van der Waals surface area contributed by atoms with Crippen LogP contribution in [0.3, 0.4) is 0 Å². The molecule has 0 amide bonds. The minimum Gasteiger partial charge on any atom is -0.458 e. The summed E-state index contributed by atoms with van der Waals surface area (Å²) in [5, 5.41) is 3.38. The van der Waals surface area contributed by atoms with E-state index in [2.05, 4.69) is 224 Å². The predicted molar refractivity (Wildman–Crippen MR) is 318 cm³/mol. The number of ether oxygens (including phenoxy) is 2. The van der Waals surface area contributed by atoms with Gasteiger partial charge in [-0.2, -0.15) is 0 Å². The highest BCUT2D eigenvalue weighted by Crippen LogP contribution is 2.54. The molecule has 76 heavy (non-hydrogen) atoms. The first-order valence-electron chi connectivity index (χ1n) is 27.2. The topological polar surface area (TPSA) is 18.5 Å². The van der Waals surface area contributed by atoms with Gasteiger partial charge in [-0.05, 0) is 171 Å². The molecule has 5 heterocycles. The third-order valence-electron chi connectivity index (χ3n) is 18.9. The van der Waals surface area contributed by atoms with Crippen LogP contribution in [-0.4, -0.2) is 22.9 Å². The van der Waals surface area contributed by atoms with Crippen LogP contribution < -0.4 is 36.2 Å². The number of benzene rings is 11. The van der Waals surface area contributed by atoms with Gasteiger partial charge in [0.05, 0.1) is 16.1 Å². The lowest BCUT2D eigenvalue weighted by atomic mass is 9.35. The van der Waals surface area contributed by atoms with Gasteiger partial charge in [0.25, 0.3) is 6.71 Å². The fourth-order valence-electron chi connectivity index (χ4n) is 16.0. The lowest BCUT2D eigenvalue weighted by Crippen LogP contribution is -2.60. The largest absolute Gasteiger partial charge is 0.458 e. The number of fused-ring (bicyclic) bond motifs is 25. The van der Waals surface area contributed by atoms with E-state index in [1.54, 1.807) is 32.6 Å². The first kappa shape index (κ1) is 41.8. The van der Waals surface area contributed by atoms with Crippen molar-refractivity contribution in [3.8, 4) is 112 Å². The summed E-state index contributed by atoms with van der Waals surface area (Å²) < 4.78 is 13.9. The summed E-state index contributed by atoms with van der Waals surface area (Å²) in [5.74, 6) is 3.82. The van der Waals surface area contributed by atoms with E-state index in [9.17, 15) is 0 Å². The molecule has 11 aromatic carbocycles. The van der Waals surface area contributed by atoms with E-state index in [-0.39, 0.29) is 6.71 Å². The summed E-state index contributed by atoms with van der Waals surface area (Å²) >= 11 is 0.